The summed E-state index contributed by atoms with van der Waals surface area (Å²) in [4.78, 5) is 24.8. The Labute approximate surface area is 117 Å². The first-order valence-corrected chi connectivity index (χ1v) is 6.88. The van der Waals surface area contributed by atoms with Gasteiger partial charge in [-0.05, 0) is 26.8 Å². The lowest BCUT2D eigenvalue weighted by Crippen LogP contribution is -2.41. The van der Waals surface area contributed by atoms with Gasteiger partial charge in [0.05, 0.1) is 11.1 Å². The summed E-state index contributed by atoms with van der Waals surface area (Å²) >= 11 is 0. The van der Waals surface area contributed by atoms with Gasteiger partial charge in [0, 0.05) is 31.7 Å². The Hall–Kier alpha value is -1.89. The number of carbonyl (C=O) groups excluding carboxylic acids is 1. The van der Waals surface area contributed by atoms with Crippen molar-refractivity contribution >= 4 is 11.6 Å². The Bertz CT molecular complexity index is 512. The molecule has 1 unspecified atom stereocenters. The average molecular weight is 280 g/mol. The predicted octanol–water partition coefficient (Wildman–Crippen LogP) is 1.24. The van der Waals surface area contributed by atoms with Crippen LogP contribution in [0.1, 0.15) is 30.3 Å². The van der Waals surface area contributed by atoms with E-state index in [1.54, 1.807) is 4.57 Å². The summed E-state index contributed by atoms with van der Waals surface area (Å²) in [6, 6.07) is 1.55. The predicted molar refractivity (Wildman–Crippen MR) is 74.7 cm³/mol. The third kappa shape index (κ3) is 2.67. The second-order valence-corrected chi connectivity index (χ2v) is 4.98. The number of rotatable bonds is 5. The Balaban J connectivity index is 2.26. The molecule has 1 fully saturated rings. The number of likely N-dealkylation sites (tertiary alicyclic amines) is 1. The second kappa shape index (κ2) is 6.04. The van der Waals surface area contributed by atoms with Crippen LogP contribution in [0, 0.1) is 10.1 Å². The highest BCUT2D eigenvalue weighted by molar-refractivity contribution is 5.94. The standard InChI is InChI=1S/C13H20N4O3/c1-3-15-9-11(17(19)20)7-12(15)13(18)16-6-4-5-10(16)8-14-2/h7,9-10,14H,3-6,8H2,1-2H3. The van der Waals surface area contributed by atoms with Gasteiger partial charge in [0.25, 0.3) is 11.6 Å². The number of aromatic nitrogens is 1. The fraction of sp³-hybridized carbons (Fsp3) is 0.615. The van der Waals surface area contributed by atoms with E-state index in [1.807, 2.05) is 18.9 Å². The SMILES string of the molecule is CCn1cc([N+](=O)[O-])cc1C(=O)N1CCCC1CNC. The molecule has 1 aromatic rings. The molecule has 1 N–H and O–H groups in total. The van der Waals surface area contributed by atoms with E-state index in [-0.39, 0.29) is 17.6 Å². The average Bonchev–Trinajstić information content (AvgIpc) is 3.04. The van der Waals surface area contributed by atoms with Crippen molar-refractivity contribution in [3.63, 3.8) is 0 Å². The van der Waals surface area contributed by atoms with Crippen LogP contribution in [0.2, 0.25) is 0 Å². The highest BCUT2D eigenvalue weighted by atomic mass is 16.6. The third-order valence-electron chi connectivity index (χ3n) is 3.73. The Morgan fingerprint density at radius 1 is 1.60 bits per heavy atom. The molecule has 1 aliphatic rings. The molecule has 7 nitrogen and oxygen atoms in total. The van der Waals surface area contributed by atoms with E-state index in [1.165, 1.54) is 12.3 Å². The van der Waals surface area contributed by atoms with E-state index in [0.717, 1.165) is 19.4 Å². The molecular weight excluding hydrogens is 260 g/mol. The van der Waals surface area contributed by atoms with Crippen molar-refractivity contribution in [2.45, 2.75) is 32.4 Å². The maximum atomic E-state index is 12.6. The minimum absolute atomic E-state index is 0.0282. The van der Waals surface area contributed by atoms with Crippen molar-refractivity contribution in [1.82, 2.24) is 14.8 Å². The topological polar surface area (TPSA) is 80.4 Å². The first-order valence-electron chi connectivity index (χ1n) is 6.88. The Morgan fingerprint density at radius 2 is 2.35 bits per heavy atom. The van der Waals surface area contributed by atoms with E-state index in [4.69, 9.17) is 0 Å². The largest absolute Gasteiger partial charge is 0.337 e. The van der Waals surface area contributed by atoms with Gasteiger partial charge in [-0.1, -0.05) is 0 Å². The van der Waals surface area contributed by atoms with Gasteiger partial charge in [-0.25, -0.2) is 0 Å². The van der Waals surface area contributed by atoms with Gasteiger partial charge in [-0.3, -0.25) is 14.9 Å². The lowest BCUT2D eigenvalue weighted by Gasteiger charge is -2.24. The highest BCUT2D eigenvalue weighted by Gasteiger charge is 2.31. The molecular formula is C13H20N4O3. The summed E-state index contributed by atoms with van der Waals surface area (Å²) in [6.07, 6.45) is 3.38. The molecule has 0 spiro atoms. The summed E-state index contributed by atoms with van der Waals surface area (Å²) in [5.41, 5.74) is 0.377. The van der Waals surface area contributed by atoms with Gasteiger partial charge in [0.15, 0.2) is 0 Å². The van der Waals surface area contributed by atoms with Crippen LogP contribution in [0.3, 0.4) is 0 Å². The Kier molecular flexibility index (Phi) is 4.39. The van der Waals surface area contributed by atoms with E-state index in [2.05, 4.69) is 5.32 Å². The molecule has 1 saturated heterocycles. The summed E-state index contributed by atoms with van der Waals surface area (Å²) in [5.74, 6) is -0.113. The maximum Gasteiger partial charge on any atom is 0.287 e. The zero-order chi connectivity index (χ0) is 14.7. The molecule has 0 aliphatic carbocycles. The van der Waals surface area contributed by atoms with E-state index < -0.39 is 4.92 Å². The zero-order valence-corrected chi connectivity index (χ0v) is 11.8. The van der Waals surface area contributed by atoms with Gasteiger partial charge >= 0.3 is 0 Å². The fourth-order valence-corrected chi connectivity index (χ4v) is 2.73. The lowest BCUT2D eigenvalue weighted by atomic mass is 10.2. The van der Waals surface area contributed by atoms with Crippen molar-refractivity contribution in [3.8, 4) is 0 Å². The zero-order valence-electron chi connectivity index (χ0n) is 11.8. The van der Waals surface area contributed by atoms with Crippen LogP contribution in [0.4, 0.5) is 5.69 Å². The number of likely N-dealkylation sites (N-methyl/N-ethyl adjacent to an activating group) is 1. The van der Waals surface area contributed by atoms with E-state index >= 15 is 0 Å². The summed E-state index contributed by atoms with van der Waals surface area (Å²) in [5, 5.41) is 13.9. The van der Waals surface area contributed by atoms with Crippen LogP contribution in [-0.2, 0) is 6.54 Å². The molecule has 20 heavy (non-hydrogen) atoms. The van der Waals surface area contributed by atoms with Gasteiger partial charge in [0.1, 0.15) is 5.69 Å². The van der Waals surface area contributed by atoms with Crippen LogP contribution < -0.4 is 5.32 Å². The highest BCUT2D eigenvalue weighted by Crippen LogP contribution is 2.23. The molecule has 1 aromatic heterocycles. The van der Waals surface area contributed by atoms with Crippen LogP contribution in [0.5, 0.6) is 0 Å². The minimum atomic E-state index is -0.460. The van der Waals surface area contributed by atoms with E-state index in [9.17, 15) is 14.9 Å². The molecule has 0 aromatic carbocycles. The fourth-order valence-electron chi connectivity index (χ4n) is 2.73. The van der Waals surface area contributed by atoms with Crippen molar-refractivity contribution in [1.29, 1.82) is 0 Å². The molecule has 2 heterocycles. The maximum absolute atomic E-state index is 12.6. The summed E-state index contributed by atoms with van der Waals surface area (Å²) in [6.45, 7) is 3.88. The molecule has 0 saturated carbocycles. The molecule has 1 amide bonds. The number of hydrogen-bond acceptors (Lipinski definition) is 4. The number of nitrogens with zero attached hydrogens (tertiary/aromatic N) is 3. The van der Waals surface area contributed by atoms with Crippen LogP contribution >= 0.6 is 0 Å². The van der Waals surface area contributed by atoms with Crippen molar-refractivity contribution in [2.75, 3.05) is 20.1 Å². The van der Waals surface area contributed by atoms with Crippen LogP contribution in [-0.4, -0.2) is 46.5 Å². The quantitative estimate of drug-likeness (QED) is 0.650. The number of nitro groups is 1. The summed E-state index contributed by atoms with van der Waals surface area (Å²) < 4.78 is 1.65. The molecule has 1 aliphatic heterocycles. The number of aryl methyl sites for hydroxylation is 1. The molecule has 1 atom stereocenters. The van der Waals surface area contributed by atoms with Gasteiger partial charge in [-0.15, -0.1) is 0 Å². The molecule has 0 radical (unpaired) electrons. The van der Waals surface area contributed by atoms with E-state index in [0.29, 0.717) is 18.8 Å². The smallest absolute Gasteiger partial charge is 0.287 e. The third-order valence-corrected chi connectivity index (χ3v) is 3.73. The number of amides is 1. The summed E-state index contributed by atoms with van der Waals surface area (Å²) in [7, 11) is 1.86. The van der Waals surface area contributed by atoms with Gasteiger partial charge < -0.3 is 14.8 Å². The lowest BCUT2D eigenvalue weighted by molar-refractivity contribution is -0.384. The Morgan fingerprint density at radius 3 is 2.95 bits per heavy atom. The van der Waals surface area contributed by atoms with Gasteiger partial charge in [-0.2, -0.15) is 0 Å². The van der Waals surface area contributed by atoms with Crippen molar-refractivity contribution < 1.29 is 9.72 Å². The molecule has 0 bridgehead atoms. The second-order valence-electron chi connectivity index (χ2n) is 4.98. The van der Waals surface area contributed by atoms with Crippen molar-refractivity contribution in [3.05, 3.63) is 28.1 Å². The van der Waals surface area contributed by atoms with Gasteiger partial charge in [0.2, 0.25) is 0 Å². The van der Waals surface area contributed by atoms with Crippen LogP contribution in [0.15, 0.2) is 12.3 Å². The first kappa shape index (κ1) is 14.5. The molecule has 110 valence electrons. The number of carbonyl (C=O) groups is 1. The normalized spacial score (nSPS) is 18.5. The molecule has 7 heteroatoms. The first-order chi connectivity index (χ1) is 9.58. The molecule has 2 rings (SSSR count). The number of hydrogen-bond donors (Lipinski definition) is 1. The minimum Gasteiger partial charge on any atom is -0.337 e. The van der Waals surface area contributed by atoms with Crippen LogP contribution in [0.25, 0.3) is 0 Å². The monoisotopic (exact) mass is 280 g/mol. The van der Waals surface area contributed by atoms with Crippen molar-refractivity contribution in [2.24, 2.45) is 0 Å². The number of nitrogens with one attached hydrogen (secondary N) is 1.